The molecule has 0 bridgehead atoms. The highest BCUT2D eigenvalue weighted by atomic mass is 35.5. The molecule has 5 heteroatoms. The first-order valence-electron chi connectivity index (χ1n) is 4.21. The van der Waals surface area contributed by atoms with Gasteiger partial charge >= 0.3 is 11.8 Å². The number of hydrogen-bond acceptors (Lipinski definition) is 2. The van der Waals surface area contributed by atoms with Crippen molar-refractivity contribution in [2.24, 2.45) is 5.11 Å². The number of azo groups is 2. The summed E-state index contributed by atoms with van der Waals surface area (Å²) in [7, 11) is 0. The number of amides is 2. The largest absolute Gasteiger partial charge is 0.444 e. The quantitative estimate of drug-likeness (QED) is 0.681. The smallest absolute Gasteiger partial charge is 0.259 e. The second-order valence-electron chi connectivity index (χ2n) is 2.88. The van der Waals surface area contributed by atoms with E-state index in [-0.39, 0.29) is 5.03 Å². The van der Waals surface area contributed by atoms with Gasteiger partial charge in [0.25, 0.3) is 0 Å². The van der Waals surface area contributed by atoms with E-state index < -0.39 is 11.8 Å². The van der Waals surface area contributed by atoms with E-state index in [0.717, 1.165) is 10.8 Å². The molecule has 1 aliphatic heterocycles. The molecule has 0 saturated heterocycles. The van der Waals surface area contributed by atoms with Crippen molar-refractivity contribution in [3.63, 3.8) is 0 Å². The van der Waals surface area contributed by atoms with Gasteiger partial charge in [-0.25, -0.2) is 4.79 Å². The maximum absolute atomic E-state index is 11.5. The minimum atomic E-state index is -0.611. The Morgan fingerprint density at radius 1 is 1.13 bits per heavy atom. The molecule has 0 fully saturated rings. The standard InChI is InChI=1S/C10H6ClN2O2/c11-8-6-9(14)13(12-10(8)15)7-4-2-1-3-5-7/h1-6H/q+1. The average molecular weight is 222 g/mol. The van der Waals surface area contributed by atoms with Crippen LogP contribution in [-0.4, -0.2) is 16.5 Å². The molecule has 1 aromatic carbocycles. The zero-order valence-corrected chi connectivity index (χ0v) is 8.31. The van der Waals surface area contributed by atoms with Gasteiger partial charge in [0.05, 0.1) is 11.2 Å². The van der Waals surface area contributed by atoms with Crippen LogP contribution in [0, 0.1) is 0 Å². The van der Waals surface area contributed by atoms with Gasteiger partial charge in [0, 0.05) is 12.1 Å². The number of rotatable bonds is 1. The van der Waals surface area contributed by atoms with Gasteiger partial charge in [0.2, 0.25) is 5.69 Å². The first-order chi connectivity index (χ1) is 7.18. The summed E-state index contributed by atoms with van der Waals surface area (Å²) in [5, 5.41) is 3.40. The lowest BCUT2D eigenvalue weighted by Crippen LogP contribution is -2.19. The molecule has 0 saturated carbocycles. The van der Waals surface area contributed by atoms with E-state index in [9.17, 15) is 9.59 Å². The van der Waals surface area contributed by atoms with Crippen molar-refractivity contribution >= 4 is 29.1 Å². The molecule has 2 rings (SSSR count). The van der Waals surface area contributed by atoms with Crippen molar-refractivity contribution in [3.8, 4) is 0 Å². The Balaban J connectivity index is 2.45. The van der Waals surface area contributed by atoms with Crippen molar-refractivity contribution in [1.29, 1.82) is 0 Å². The summed E-state index contributed by atoms with van der Waals surface area (Å²) in [5.74, 6) is -1.04. The molecule has 1 heterocycles. The first-order valence-corrected chi connectivity index (χ1v) is 4.58. The molecule has 1 aromatic rings. The number of carbonyl (C=O) groups excluding carboxylic acids is 2. The van der Waals surface area contributed by atoms with E-state index in [0.29, 0.717) is 5.69 Å². The van der Waals surface area contributed by atoms with Crippen LogP contribution in [0.1, 0.15) is 0 Å². The zero-order valence-electron chi connectivity index (χ0n) is 7.55. The normalized spacial score (nSPS) is 16.1. The molecule has 74 valence electrons. The summed E-state index contributed by atoms with van der Waals surface area (Å²) < 4.78 is 1.02. The summed E-state index contributed by atoms with van der Waals surface area (Å²) in [6.45, 7) is 0. The van der Waals surface area contributed by atoms with Crippen LogP contribution in [0.15, 0.2) is 46.6 Å². The Bertz CT molecular complexity index is 491. The van der Waals surface area contributed by atoms with Crippen LogP contribution in [-0.2, 0) is 9.59 Å². The molecular weight excluding hydrogens is 216 g/mol. The lowest BCUT2D eigenvalue weighted by molar-refractivity contribution is -0.425. The highest BCUT2D eigenvalue weighted by Crippen LogP contribution is 2.18. The molecule has 2 amide bonds. The Morgan fingerprint density at radius 2 is 1.80 bits per heavy atom. The minimum absolute atomic E-state index is 0.160. The third-order valence-corrected chi connectivity index (χ3v) is 2.13. The summed E-state index contributed by atoms with van der Waals surface area (Å²) in [5.41, 5.74) is 0.538. The van der Waals surface area contributed by atoms with Gasteiger partial charge in [-0.05, 0) is 4.70 Å². The van der Waals surface area contributed by atoms with E-state index >= 15 is 0 Å². The second-order valence-corrected chi connectivity index (χ2v) is 3.29. The third kappa shape index (κ3) is 1.85. The topological polar surface area (TPSA) is 49.5 Å². The van der Waals surface area contributed by atoms with Gasteiger partial charge in [0.15, 0.2) is 0 Å². The second kappa shape index (κ2) is 3.74. The molecule has 0 spiro atoms. The number of para-hydroxylation sites is 1. The third-order valence-electron chi connectivity index (χ3n) is 1.85. The van der Waals surface area contributed by atoms with E-state index in [1.165, 1.54) is 0 Å². The van der Waals surface area contributed by atoms with Crippen LogP contribution in [0.2, 0.25) is 0 Å². The lowest BCUT2D eigenvalue weighted by Gasteiger charge is -1.98. The number of benzene rings is 1. The summed E-state index contributed by atoms with van der Waals surface area (Å²) in [6.07, 6.45) is 1.06. The van der Waals surface area contributed by atoms with Crippen LogP contribution in [0.3, 0.4) is 0 Å². The van der Waals surface area contributed by atoms with Crippen molar-refractivity contribution in [2.75, 3.05) is 0 Å². The Labute approximate surface area is 90.5 Å². The maximum atomic E-state index is 11.5. The molecule has 0 unspecified atom stereocenters. The molecule has 0 N–H and O–H groups in total. The van der Waals surface area contributed by atoms with E-state index in [1.54, 1.807) is 24.3 Å². The van der Waals surface area contributed by atoms with E-state index in [1.807, 2.05) is 6.07 Å². The van der Waals surface area contributed by atoms with Crippen molar-refractivity contribution in [2.45, 2.75) is 0 Å². The fourth-order valence-electron chi connectivity index (χ4n) is 1.17. The van der Waals surface area contributed by atoms with Crippen molar-refractivity contribution in [3.05, 3.63) is 41.4 Å². The Kier molecular flexibility index (Phi) is 2.43. The molecule has 4 nitrogen and oxygen atoms in total. The molecule has 0 aromatic heterocycles. The van der Waals surface area contributed by atoms with Crippen LogP contribution in [0.4, 0.5) is 5.69 Å². The Morgan fingerprint density at radius 3 is 2.47 bits per heavy atom. The molecule has 0 aliphatic carbocycles. The van der Waals surface area contributed by atoms with Crippen LogP contribution >= 0.6 is 11.6 Å². The summed E-state index contributed by atoms with van der Waals surface area (Å²) in [6, 6.07) is 8.68. The van der Waals surface area contributed by atoms with Gasteiger partial charge in [-0.2, -0.15) is 0 Å². The monoisotopic (exact) mass is 221 g/mol. The fourth-order valence-corrected chi connectivity index (χ4v) is 1.30. The summed E-state index contributed by atoms with van der Waals surface area (Å²) in [4.78, 5) is 22.6. The van der Waals surface area contributed by atoms with Crippen molar-refractivity contribution < 1.29 is 14.3 Å². The molecule has 0 atom stereocenters. The lowest BCUT2D eigenvalue weighted by atomic mass is 10.3. The number of carbonyl (C=O) groups is 2. The van der Waals surface area contributed by atoms with E-state index in [2.05, 4.69) is 5.11 Å². The zero-order chi connectivity index (χ0) is 10.8. The number of hydrogen-bond donors (Lipinski definition) is 0. The number of nitrogens with zero attached hydrogens (tertiary/aromatic N) is 2. The Hall–Kier alpha value is -1.81. The molecule has 15 heavy (non-hydrogen) atoms. The molecule has 0 radical (unpaired) electrons. The fraction of sp³-hybridized carbons (Fsp3) is 0. The van der Waals surface area contributed by atoms with Crippen LogP contribution in [0.5, 0.6) is 0 Å². The highest BCUT2D eigenvalue weighted by molar-refractivity contribution is 6.43. The van der Waals surface area contributed by atoms with Crippen LogP contribution in [0.25, 0.3) is 0 Å². The highest BCUT2D eigenvalue weighted by Gasteiger charge is 2.30. The van der Waals surface area contributed by atoms with Gasteiger partial charge < -0.3 is 0 Å². The predicted octanol–water partition coefficient (Wildman–Crippen LogP) is 1.97. The van der Waals surface area contributed by atoms with Crippen molar-refractivity contribution in [1.82, 2.24) is 0 Å². The van der Waals surface area contributed by atoms with E-state index in [4.69, 9.17) is 11.6 Å². The number of halogens is 1. The predicted molar refractivity (Wildman–Crippen MR) is 52.7 cm³/mol. The van der Waals surface area contributed by atoms with Gasteiger partial charge in [-0.15, -0.1) is 0 Å². The maximum Gasteiger partial charge on any atom is 0.444 e. The molecule has 1 aliphatic rings. The first kappa shape index (κ1) is 9.73. The average Bonchev–Trinajstić information content (AvgIpc) is 2.25. The molecular formula is C10H6ClN2O2+. The summed E-state index contributed by atoms with van der Waals surface area (Å²) >= 11 is 5.49. The van der Waals surface area contributed by atoms with Gasteiger partial charge in [0.1, 0.15) is 5.03 Å². The minimum Gasteiger partial charge on any atom is -0.259 e. The van der Waals surface area contributed by atoms with Gasteiger partial charge in [-0.1, -0.05) is 29.8 Å². The SMILES string of the molecule is O=C1N=[N+](c2ccccc2)C(=O)C=C1Cl. The van der Waals surface area contributed by atoms with Crippen LogP contribution < -0.4 is 0 Å². The van der Waals surface area contributed by atoms with Gasteiger partial charge in [-0.3, -0.25) is 4.79 Å².